The summed E-state index contributed by atoms with van der Waals surface area (Å²) in [6.07, 6.45) is 6.32. The first-order valence-corrected chi connectivity index (χ1v) is 5.47. The monoisotopic (exact) mass is 217 g/mol. The minimum Gasteiger partial charge on any atom is -0.490 e. The summed E-state index contributed by atoms with van der Waals surface area (Å²) in [6.45, 7) is 4.67. The lowest BCUT2D eigenvalue weighted by Crippen LogP contribution is -2.05. The molecule has 0 aliphatic carbocycles. The van der Waals surface area contributed by atoms with Crippen molar-refractivity contribution in [1.29, 1.82) is 0 Å². The van der Waals surface area contributed by atoms with Crippen LogP contribution in [-0.4, -0.2) is 21.1 Å². The molecule has 0 fully saturated rings. The van der Waals surface area contributed by atoms with Gasteiger partial charge in [0, 0.05) is 25.0 Å². The third-order valence-electron chi connectivity index (χ3n) is 2.31. The lowest BCUT2D eigenvalue weighted by molar-refractivity contribution is 0.337. The lowest BCUT2D eigenvalue weighted by atomic mass is 10.4. The molecule has 84 valence electrons. The normalized spacial score (nSPS) is 10.4. The largest absolute Gasteiger partial charge is 0.490 e. The third-order valence-corrected chi connectivity index (χ3v) is 2.31. The summed E-state index contributed by atoms with van der Waals surface area (Å²) in [5.41, 5.74) is 0. The second kappa shape index (κ2) is 4.79. The minimum absolute atomic E-state index is 0.634. The standard InChI is InChI=1S/C12H15N3O/c1-3-11-13-8-9-15(11)12-10(16-4-2)6-5-7-14-12/h5-9H,3-4H2,1-2H3. The van der Waals surface area contributed by atoms with Gasteiger partial charge in [-0.15, -0.1) is 0 Å². The third kappa shape index (κ3) is 1.91. The van der Waals surface area contributed by atoms with Gasteiger partial charge in [0.05, 0.1) is 6.61 Å². The van der Waals surface area contributed by atoms with Crippen molar-refractivity contribution in [2.75, 3.05) is 6.61 Å². The highest BCUT2D eigenvalue weighted by atomic mass is 16.5. The zero-order valence-electron chi connectivity index (χ0n) is 9.55. The first-order valence-electron chi connectivity index (χ1n) is 5.47. The van der Waals surface area contributed by atoms with Crippen molar-refractivity contribution in [1.82, 2.24) is 14.5 Å². The smallest absolute Gasteiger partial charge is 0.181 e. The highest BCUT2D eigenvalue weighted by molar-refractivity contribution is 5.40. The summed E-state index contributed by atoms with van der Waals surface area (Å²) in [5.74, 6) is 2.58. The van der Waals surface area contributed by atoms with Crippen LogP contribution in [0.15, 0.2) is 30.7 Å². The van der Waals surface area contributed by atoms with Gasteiger partial charge in [0.25, 0.3) is 0 Å². The number of ether oxygens (including phenoxy) is 1. The Morgan fingerprint density at radius 1 is 1.25 bits per heavy atom. The topological polar surface area (TPSA) is 39.9 Å². The molecular weight excluding hydrogens is 202 g/mol. The van der Waals surface area contributed by atoms with Crippen LogP contribution in [0.25, 0.3) is 5.82 Å². The second-order valence-corrected chi connectivity index (χ2v) is 3.33. The highest BCUT2D eigenvalue weighted by Crippen LogP contribution is 2.21. The maximum absolute atomic E-state index is 5.55. The molecule has 0 aromatic carbocycles. The van der Waals surface area contributed by atoms with Crippen molar-refractivity contribution < 1.29 is 4.74 Å². The average Bonchev–Trinajstić information content (AvgIpc) is 2.78. The quantitative estimate of drug-likeness (QED) is 0.788. The Morgan fingerprint density at radius 2 is 2.12 bits per heavy atom. The number of nitrogens with zero attached hydrogens (tertiary/aromatic N) is 3. The van der Waals surface area contributed by atoms with Gasteiger partial charge in [0.1, 0.15) is 5.82 Å². The van der Waals surface area contributed by atoms with E-state index in [2.05, 4.69) is 16.9 Å². The molecule has 0 spiro atoms. The molecule has 16 heavy (non-hydrogen) atoms. The van der Waals surface area contributed by atoms with Crippen LogP contribution in [-0.2, 0) is 6.42 Å². The van der Waals surface area contributed by atoms with Gasteiger partial charge in [-0.1, -0.05) is 6.92 Å². The van der Waals surface area contributed by atoms with Gasteiger partial charge in [-0.05, 0) is 19.1 Å². The molecule has 2 heterocycles. The molecule has 0 radical (unpaired) electrons. The highest BCUT2D eigenvalue weighted by Gasteiger charge is 2.09. The average molecular weight is 217 g/mol. The Bertz CT molecular complexity index is 465. The van der Waals surface area contributed by atoms with E-state index in [0.29, 0.717) is 6.61 Å². The van der Waals surface area contributed by atoms with E-state index in [4.69, 9.17) is 4.74 Å². The fourth-order valence-electron chi connectivity index (χ4n) is 1.62. The molecular formula is C12H15N3O. The van der Waals surface area contributed by atoms with E-state index in [1.807, 2.05) is 29.8 Å². The maximum atomic E-state index is 5.55. The summed E-state index contributed by atoms with van der Waals surface area (Å²) in [5, 5.41) is 0. The molecule has 2 rings (SSSR count). The van der Waals surface area contributed by atoms with Crippen LogP contribution >= 0.6 is 0 Å². The summed E-state index contributed by atoms with van der Waals surface area (Å²) < 4.78 is 7.51. The van der Waals surface area contributed by atoms with Crippen molar-refractivity contribution >= 4 is 0 Å². The SMILES string of the molecule is CCOc1cccnc1-n1ccnc1CC. The summed E-state index contributed by atoms with van der Waals surface area (Å²) >= 11 is 0. The van der Waals surface area contributed by atoms with Crippen LogP contribution in [0.1, 0.15) is 19.7 Å². The van der Waals surface area contributed by atoms with Crippen molar-refractivity contribution in [3.8, 4) is 11.6 Å². The molecule has 0 aliphatic rings. The molecule has 4 nitrogen and oxygen atoms in total. The molecule has 0 saturated heterocycles. The Hall–Kier alpha value is -1.84. The Morgan fingerprint density at radius 3 is 2.88 bits per heavy atom. The molecule has 0 unspecified atom stereocenters. The first kappa shape index (κ1) is 10.7. The summed E-state index contributed by atoms with van der Waals surface area (Å²) in [4.78, 5) is 8.63. The number of imidazole rings is 1. The van der Waals surface area contributed by atoms with Crippen LogP contribution in [0, 0.1) is 0 Å². The van der Waals surface area contributed by atoms with Crippen molar-refractivity contribution in [2.45, 2.75) is 20.3 Å². The number of hydrogen-bond donors (Lipinski definition) is 0. The predicted molar refractivity (Wildman–Crippen MR) is 61.9 cm³/mol. The molecule has 4 heteroatoms. The fraction of sp³-hybridized carbons (Fsp3) is 0.333. The zero-order chi connectivity index (χ0) is 11.4. The molecule has 0 aliphatic heterocycles. The van der Waals surface area contributed by atoms with E-state index in [9.17, 15) is 0 Å². The van der Waals surface area contributed by atoms with Crippen molar-refractivity contribution in [2.24, 2.45) is 0 Å². The first-order chi connectivity index (χ1) is 7.86. The van der Waals surface area contributed by atoms with Gasteiger partial charge in [-0.2, -0.15) is 0 Å². The molecule has 0 bridgehead atoms. The van der Waals surface area contributed by atoms with Gasteiger partial charge in [0.15, 0.2) is 11.6 Å². The van der Waals surface area contributed by atoms with Gasteiger partial charge < -0.3 is 4.74 Å². The zero-order valence-corrected chi connectivity index (χ0v) is 9.55. The number of rotatable bonds is 4. The van der Waals surface area contributed by atoms with Crippen LogP contribution < -0.4 is 4.74 Å². The van der Waals surface area contributed by atoms with Gasteiger partial charge in [0.2, 0.25) is 0 Å². The van der Waals surface area contributed by atoms with E-state index in [1.54, 1.807) is 12.4 Å². The predicted octanol–water partition coefficient (Wildman–Crippen LogP) is 2.23. The van der Waals surface area contributed by atoms with Crippen LogP contribution in [0.2, 0.25) is 0 Å². The van der Waals surface area contributed by atoms with E-state index in [1.165, 1.54) is 0 Å². The van der Waals surface area contributed by atoms with E-state index >= 15 is 0 Å². The molecule has 0 N–H and O–H groups in total. The number of pyridine rings is 1. The summed E-state index contributed by atoms with van der Waals surface area (Å²) in [6, 6.07) is 3.79. The Balaban J connectivity index is 2.46. The molecule has 2 aromatic rings. The number of aromatic nitrogens is 3. The van der Waals surface area contributed by atoms with Crippen molar-refractivity contribution in [3.05, 3.63) is 36.5 Å². The minimum atomic E-state index is 0.634. The molecule has 0 atom stereocenters. The van der Waals surface area contributed by atoms with Crippen molar-refractivity contribution in [3.63, 3.8) is 0 Å². The molecule has 0 amide bonds. The molecule has 0 saturated carbocycles. The van der Waals surface area contributed by atoms with E-state index < -0.39 is 0 Å². The van der Waals surface area contributed by atoms with Gasteiger partial charge >= 0.3 is 0 Å². The van der Waals surface area contributed by atoms with Gasteiger partial charge in [-0.25, -0.2) is 9.97 Å². The number of aryl methyl sites for hydroxylation is 1. The lowest BCUT2D eigenvalue weighted by Gasteiger charge is -2.10. The Labute approximate surface area is 94.9 Å². The van der Waals surface area contributed by atoms with Crippen LogP contribution in [0.5, 0.6) is 5.75 Å². The van der Waals surface area contributed by atoms with Crippen LogP contribution in [0.4, 0.5) is 0 Å². The Kier molecular flexibility index (Phi) is 3.19. The van der Waals surface area contributed by atoms with Gasteiger partial charge in [-0.3, -0.25) is 4.57 Å². The summed E-state index contributed by atoms with van der Waals surface area (Å²) in [7, 11) is 0. The maximum Gasteiger partial charge on any atom is 0.181 e. The number of hydrogen-bond acceptors (Lipinski definition) is 3. The van der Waals surface area contributed by atoms with Crippen LogP contribution in [0.3, 0.4) is 0 Å². The second-order valence-electron chi connectivity index (χ2n) is 3.33. The molecule has 2 aromatic heterocycles. The van der Waals surface area contributed by atoms with E-state index in [-0.39, 0.29) is 0 Å². The van der Waals surface area contributed by atoms with E-state index in [0.717, 1.165) is 23.8 Å². The fourth-order valence-corrected chi connectivity index (χ4v) is 1.62.